The van der Waals surface area contributed by atoms with E-state index in [4.69, 9.17) is 26.6 Å². The highest BCUT2D eigenvalue weighted by atomic mass is 35.5. The fourth-order valence-electron chi connectivity index (χ4n) is 1.41. The molecule has 1 aromatic heterocycles. The van der Waals surface area contributed by atoms with Gasteiger partial charge in [-0.15, -0.1) is 0 Å². The monoisotopic (exact) mass is 285 g/mol. The van der Waals surface area contributed by atoms with Crippen molar-refractivity contribution >= 4 is 22.9 Å². The Balaban J connectivity index is 2.08. The second-order valence-electron chi connectivity index (χ2n) is 3.57. The maximum absolute atomic E-state index is 9.00. The molecule has 1 aromatic carbocycles. The number of aliphatic hydroxyl groups is 2. The van der Waals surface area contributed by atoms with Crippen LogP contribution in [0.2, 0.25) is 5.15 Å². The molecule has 0 fully saturated rings. The Morgan fingerprint density at radius 2 is 1.94 bits per heavy atom. The standard InChI is InChI=1S/C12H12ClNO3S/c13-11-10(7-16)18-12(14-11)17-9-3-1-8(2-4-9)5-6-15/h1-4,15-16H,5-7H2. The van der Waals surface area contributed by atoms with E-state index in [9.17, 15) is 0 Å². The van der Waals surface area contributed by atoms with Crippen LogP contribution in [0, 0.1) is 0 Å². The van der Waals surface area contributed by atoms with Crippen LogP contribution in [0.25, 0.3) is 0 Å². The predicted octanol–water partition coefficient (Wildman–Crippen LogP) is 2.62. The van der Waals surface area contributed by atoms with Crippen molar-refractivity contribution in [3.05, 3.63) is 39.9 Å². The lowest BCUT2D eigenvalue weighted by molar-refractivity contribution is 0.285. The number of hydrogen-bond acceptors (Lipinski definition) is 5. The van der Waals surface area contributed by atoms with Gasteiger partial charge < -0.3 is 14.9 Å². The maximum Gasteiger partial charge on any atom is 0.280 e. The summed E-state index contributed by atoms with van der Waals surface area (Å²) in [7, 11) is 0. The van der Waals surface area contributed by atoms with Crippen molar-refractivity contribution in [1.82, 2.24) is 4.98 Å². The van der Waals surface area contributed by atoms with Gasteiger partial charge in [-0.3, -0.25) is 0 Å². The Kier molecular flexibility index (Phi) is 4.54. The Morgan fingerprint density at radius 3 is 2.50 bits per heavy atom. The minimum Gasteiger partial charge on any atom is -0.431 e. The minimum absolute atomic E-state index is 0.127. The van der Waals surface area contributed by atoms with Gasteiger partial charge in [-0.2, -0.15) is 4.98 Å². The Labute approximate surface area is 113 Å². The van der Waals surface area contributed by atoms with Crippen LogP contribution in [0.15, 0.2) is 24.3 Å². The highest BCUT2D eigenvalue weighted by Gasteiger charge is 2.09. The zero-order valence-corrected chi connectivity index (χ0v) is 11.0. The third kappa shape index (κ3) is 3.20. The third-order valence-corrected chi connectivity index (χ3v) is 3.65. The van der Waals surface area contributed by atoms with Crippen molar-refractivity contribution in [2.45, 2.75) is 13.0 Å². The van der Waals surface area contributed by atoms with Gasteiger partial charge in [-0.1, -0.05) is 35.1 Å². The molecule has 0 bridgehead atoms. The van der Waals surface area contributed by atoms with Gasteiger partial charge in [0.15, 0.2) is 0 Å². The van der Waals surface area contributed by atoms with Crippen LogP contribution >= 0.6 is 22.9 Å². The van der Waals surface area contributed by atoms with E-state index in [1.807, 2.05) is 12.1 Å². The Hall–Kier alpha value is -1.14. The minimum atomic E-state index is -0.144. The summed E-state index contributed by atoms with van der Waals surface area (Å²) < 4.78 is 5.52. The van der Waals surface area contributed by atoms with E-state index in [0.717, 1.165) is 5.56 Å². The van der Waals surface area contributed by atoms with E-state index < -0.39 is 0 Å². The number of hydrogen-bond donors (Lipinski definition) is 2. The average Bonchev–Trinajstić information content (AvgIpc) is 2.72. The van der Waals surface area contributed by atoms with E-state index in [-0.39, 0.29) is 18.4 Å². The van der Waals surface area contributed by atoms with Crippen LogP contribution in [0.5, 0.6) is 10.9 Å². The molecule has 0 radical (unpaired) electrons. The molecular weight excluding hydrogens is 274 g/mol. The summed E-state index contributed by atoms with van der Waals surface area (Å²) in [6.45, 7) is -0.0164. The Bertz CT molecular complexity index is 513. The number of ether oxygens (including phenoxy) is 1. The van der Waals surface area contributed by atoms with Gasteiger partial charge in [-0.25, -0.2) is 0 Å². The topological polar surface area (TPSA) is 62.6 Å². The van der Waals surface area contributed by atoms with Gasteiger partial charge in [0.05, 0.1) is 11.5 Å². The second-order valence-corrected chi connectivity index (χ2v) is 4.98. The molecule has 1 heterocycles. The van der Waals surface area contributed by atoms with Crippen molar-refractivity contribution in [1.29, 1.82) is 0 Å². The normalized spacial score (nSPS) is 10.6. The number of aliphatic hydroxyl groups excluding tert-OH is 2. The smallest absolute Gasteiger partial charge is 0.280 e. The summed E-state index contributed by atoms with van der Waals surface area (Å²) in [6, 6.07) is 7.37. The molecular formula is C12H12ClNO3S. The Morgan fingerprint density at radius 1 is 1.22 bits per heavy atom. The van der Waals surface area contributed by atoms with Crippen molar-refractivity contribution in [2.75, 3.05) is 6.61 Å². The summed E-state index contributed by atoms with van der Waals surface area (Å²) in [5.74, 6) is 0.645. The van der Waals surface area contributed by atoms with Crippen molar-refractivity contribution in [2.24, 2.45) is 0 Å². The summed E-state index contributed by atoms with van der Waals surface area (Å²) in [5, 5.41) is 18.5. The zero-order chi connectivity index (χ0) is 13.0. The molecule has 0 unspecified atom stereocenters. The second kappa shape index (κ2) is 6.15. The predicted molar refractivity (Wildman–Crippen MR) is 70.4 cm³/mol. The van der Waals surface area contributed by atoms with E-state index in [0.29, 0.717) is 22.2 Å². The van der Waals surface area contributed by atoms with Crippen LogP contribution in [0.3, 0.4) is 0 Å². The van der Waals surface area contributed by atoms with Crippen molar-refractivity contribution < 1.29 is 14.9 Å². The summed E-state index contributed by atoms with van der Waals surface area (Å²) in [6.07, 6.45) is 0.623. The average molecular weight is 286 g/mol. The highest BCUT2D eigenvalue weighted by Crippen LogP contribution is 2.31. The first-order chi connectivity index (χ1) is 8.72. The largest absolute Gasteiger partial charge is 0.431 e. The molecule has 2 aromatic rings. The SMILES string of the molecule is OCCc1ccc(Oc2nc(Cl)c(CO)s2)cc1. The lowest BCUT2D eigenvalue weighted by atomic mass is 10.1. The summed E-state index contributed by atoms with van der Waals surface area (Å²) in [4.78, 5) is 4.58. The molecule has 18 heavy (non-hydrogen) atoms. The van der Waals surface area contributed by atoms with E-state index in [1.165, 1.54) is 11.3 Å². The van der Waals surface area contributed by atoms with E-state index >= 15 is 0 Å². The van der Waals surface area contributed by atoms with E-state index in [1.54, 1.807) is 12.1 Å². The van der Waals surface area contributed by atoms with Gasteiger partial charge in [-0.05, 0) is 24.1 Å². The first-order valence-corrected chi connectivity index (χ1v) is 6.56. The molecule has 0 saturated heterocycles. The van der Waals surface area contributed by atoms with E-state index in [2.05, 4.69) is 4.98 Å². The molecule has 2 N–H and O–H groups in total. The van der Waals surface area contributed by atoms with Gasteiger partial charge in [0.25, 0.3) is 5.19 Å². The van der Waals surface area contributed by atoms with Crippen LogP contribution < -0.4 is 4.74 Å². The summed E-state index contributed by atoms with van der Waals surface area (Å²) >= 11 is 7.02. The molecule has 0 atom stereocenters. The first kappa shape index (κ1) is 13.3. The number of halogens is 1. The molecule has 96 valence electrons. The van der Waals surface area contributed by atoms with Crippen LogP contribution in [-0.2, 0) is 13.0 Å². The number of rotatable bonds is 5. The molecule has 0 spiro atoms. The van der Waals surface area contributed by atoms with Crippen molar-refractivity contribution in [3.8, 4) is 10.9 Å². The van der Waals surface area contributed by atoms with Crippen molar-refractivity contribution in [3.63, 3.8) is 0 Å². The molecule has 0 aliphatic heterocycles. The first-order valence-electron chi connectivity index (χ1n) is 5.36. The molecule has 6 heteroatoms. The summed E-state index contributed by atoms with van der Waals surface area (Å²) in [5.41, 5.74) is 1.04. The van der Waals surface area contributed by atoms with Crippen LogP contribution in [-0.4, -0.2) is 21.8 Å². The highest BCUT2D eigenvalue weighted by molar-refractivity contribution is 7.13. The van der Waals surface area contributed by atoms with Gasteiger partial charge in [0.2, 0.25) is 0 Å². The molecule has 0 aliphatic carbocycles. The third-order valence-electron chi connectivity index (χ3n) is 2.30. The molecule has 2 rings (SSSR count). The van der Waals surface area contributed by atoms with Gasteiger partial charge in [0, 0.05) is 6.61 Å². The molecule has 0 saturated carbocycles. The van der Waals surface area contributed by atoms with Gasteiger partial charge in [0.1, 0.15) is 10.9 Å². The molecule has 0 amide bonds. The number of benzene rings is 1. The zero-order valence-electron chi connectivity index (χ0n) is 9.47. The number of aromatic nitrogens is 1. The van der Waals surface area contributed by atoms with Crippen LogP contribution in [0.1, 0.15) is 10.4 Å². The number of thiazole rings is 1. The lowest BCUT2D eigenvalue weighted by Crippen LogP contribution is -1.90. The fourth-order valence-corrected chi connectivity index (χ4v) is 2.39. The molecule has 4 nitrogen and oxygen atoms in total. The quantitative estimate of drug-likeness (QED) is 0.886. The fraction of sp³-hybridized carbons (Fsp3) is 0.250. The van der Waals surface area contributed by atoms with Crippen LogP contribution in [0.4, 0.5) is 0 Å². The molecule has 0 aliphatic rings. The number of nitrogens with zero attached hydrogens (tertiary/aromatic N) is 1. The maximum atomic E-state index is 9.00. The lowest BCUT2D eigenvalue weighted by Gasteiger charge is -2.02. The van der Waals surface area contributed by atoms with Gasteiger partial charge >= 0.3 is 0 Å².